The molecule has 0 saturated heterocycles. The van der Waals surface area contributed by atoms with Crippen molar-refractivity contribution >= 4 is 28.6 Å². The number of pyridine rings is 1. The molecule has 0 atom stereocenters. The van der Waals surface area contributed by atoms with E-state index in [0.717, 1.165) is 17.0 Å². The van der Waals surface area contributed by atoms with Crippen LogP contribution in [-0.2, 0) is 0 Å². The molecule has 0 unspecified atom stereocenters. The van der Waals surface area contributed by atoms with Crippen LogP contribution in [0.25, 0.3) is 22.9 Å². The van der Waals surface area contributed by atoms with Crippen molar-refractivity contribution in [1.82, 2.24) is 9.38 Å². The number of imidazole rings is 1. The fourth-order valence-electron chi connectivity index (χ4n) is 3.42. The van der Waals surface area contributed by atoms with Gasteiger partial charge in [-0.1, -0.05) is 6.07 Å². The van der Waals surface area contributed by atoms with E-state index < -0.39 is 0 Å². The van der Waals surface area contributed by atoms with Crippen molar-refractivity contribution in [3.8, 4) is 11.8 Å². The lowest BCUT2D eigenvalue weighted by Gasteiger charge is -2.06. The Morgan fingerprint density at radius 1 is 1.21 bits per heavy atom. The topological polar surface area (TPSA) is 79.4 Å². The lowest BCUT2D eigenvalue weighted by molar-refractivity contribution is 0.340. The normalized spacial score (nSPS) is 11.7. The zero-order chi connectivity index (χ0) is 20.5. The number of anilines is 1. The van der Waals surface area contributed by atoms with E-state index in [1.807, 2.05) is 56.3 Å². The summed E-state index contributed by atoms with van der Waals surface area (Å²) in [5, 5.41) is 13.3. The minimum absolute atomic E-state index is 0.207. The van der Waals surface area contributed by atoms with E-state index in [2.05, 4.69) is 16.4 Å². The van der Waals surface area contributed by atoms with Crippen LogP contribution < -0.4 is 20.8 Å². The molecule has 0 aliphatic carbocycles. The van der Waals surface area contributed by atoms with E-state index in [9.17, 15) is 10.1 Å². The smallest absolute Gasteiger partial charge is 0.265 e. The van der Waals surface area contributed by atoms with Gasteiger partial charge in [0.2, 0.25) is 0 Å². The first kappa shape index (κ1) is 18.5. The minimum Gasteiger partial charge on any atom is -0.494 e. The number of hydrogen-bond acceptors (Lipinski definition) is 5. The summed E-state index contributed by atoms with van der Waals surface area (Å²) in [5.74, 6) is 0.784. The number of benzene rings is 2. The van der Waals surface area contributed by atoms with Gasteiger partial charge in [-0.3, -0.25) is 9.20 Å². The first-order valence-corrected chi connectivity index (χ1v) is 9.38. The highest BCUT2D eigenvalue weighted by molar-refractivity contribution is 5.83. The molecule has 0 amide bonds. The van der Waals surface area contributed by atoms with Crippen molar-refractivity contribution in [3.63, 3.8) is 0 Å². The highest BCUT2D eigenvalue weighted by Gasteiger charge is 2.16. The Morgan fingerprint density at radius 2 is 1.97 bits per heavy atom. The van der Waals surface area contributed by atoms with Gasteiger partial charge in [0.05, 0.1) is 28.4 Å². The van der Waals surface area contributed by atoms with Gasteiger partial charge in [-0.25, -0.2) is 4.98 Å². The Morgan fingerprint density at radius 3 is 2.66 bits per heavy atom. The van der Waals surface area contributed by atoms with Gasteiger partial charge in [-0.2, -0.15) is 5.26 Å². The quantitative estimate of drug-likeness (QED) is 0.584. The Balaban J connectivity index is 1.90. The van der Waals surface area contributed by atoms with Crippen LogP contribution in [0.3, 0.4) is 0 Å². The molecule has 4 aromatic rings. The van der Waals surface area contributed by atoms with Gasteiger partial charge in [-0.15, -0.1) is 0 Å². The third-order valence-corrected chi connectivity index (χ3v) is 4.91. The second kappa shape index (κ2) is 7.28. The van der Waals surface area contributed by atoms with Crippen LogP contribution in [0, 0.1) is 25.2 Å². The molecule has 0 fully saturated rings. The largest absolute Gasteiger partial charge is 0.494 e. The number of fused-ring (bicyclic) bond motifs is 3. The molecule has 29 heavy (non-hydrogen) atoms. The van der Waals surface area contributed by atoms with Gasteiger partial charge in [0.1, 0.15) is 11.8 Å². The number of nitrogens with one attached hydrogen (secondary N) is 1. The van der Waals surface area contributed by atoms with E-state index in [-0.39, 0.29) is 5.56 Å². The number of aryl methyl sites for hydroxylation is 1. The molecule has 6 heteroatoms. The number of nitrogens with zero attached hydrogens (tertiary/aromatic N) is 3. The molecule has 0 saturated carbocycles. The number of rotatable bonds is 4. The first-order valence-electron chi connectivity index (χ1n) is 9.38. The van der Waals surface area contributed by atoms with Crippen LogP contribution in [0.4, 0.5) is 5.69 Å². The van der Waals surface area contributed by atoms with E-state index in [1.54, 1.807) is 13.1 Å². The van der Waals surface area contributed by atoms with Crippen molar-refractivity contribution < 1.29 is 4.74 Å². The minimum atomic E-state index is -0.207. The van der Waals surface area contributed by atoms with Crippen LogP contribution >= 0.6 is 0 Å². The summed E-state index contributed by atoms with van der Waals surface area (Å²) in [6, 6.07) is 15.4. The van der Waals surface area contributed by atoms with Gasteiger partial charge in [-0.05, 0) is 68.3 Å². The van der Waals surface area contributed by atoms with E-state index in [1.165, 1.54) is 4.40 Å². The van der Waals surface area contributed by atoms with Crippen molar-refractivity contribution in [2.45, 2.75) is 20.8 Å². The zero-order valence-electron chi connectivity index (χ0n) is 16.5. The van der Waals surface area contributed by atoms with Gasteiger partial charge < -0.3 is 10.1 Å². The van der Waals surface area contributed by atoms with E-state index in [4.69, 9.17) is 4.74 Å². The second-order valence-electron chi connectivity index (χ2n) is 6.84. The van der Waals surface area contributed by atoms with Gasteiger partial charge in [0.25, 0.3) is 5.56 Å². The van der Waals surface area contributed by atoms with Gasteiger partial charge >= 0.3 is 0 Å². The molecule has 0 aliphatic heterocycles. The van der Waals surface area contributed by atoms with Crippen LogP contribution in [0.2, 0.25) is 0 Å². The van der Waals surface area contributed by atoms with E-state index in [0.29, 0.717) is 39.6 Å². The molecular weight excluding hydrogens is 364 g/mol. The third-order valence-electron chi connectivity index (χ3n) is 4.91. The van der Waals surface area contributed by atoms with Crippen molar-refractivity contribution in [3.05, 3.63) is 74.7 Å². The second-order valence-corrected chi connectivity index (χ2v) is 6.84. The lowest BCUT2D eigenvalue weighted by Crippen LogP contribution is -2.34. The molecule has 144 valence electrons. The predicted octanol–water partition coefficient (Wildman–Crippen LogP) is 3.30. The first-order chi connectivity index (χ1) is 14.0. The van der Waals surface area contributed by atoms with Gasteiger partial charge in [0.15, 0.2) is 5.65 Å². The molecule has 2 aromatic heterocycles. The summed E-state index contributed by atoms with van der Waals surface area (Å²) in [7, 11) is 0. The van der Waals surface area contributed by atoms with Crippen LogP contribution in [0.1, 0.15) is 23.6 Å². The summed E-state index contributed by atoms with van der Waals surface area (Å²) >= 11 is 0. The predicted molar refractivity (Wildman–Crippen MR) is 114 cm³/mol. The summed E-state index contributed by atoms with van der Waals surface area (Å²) < 4.78 is 6.97. The Labute approximate surface area is 167 Å². The molecule has 2 heterocycles. The van der Waals surface area contributed by atoms with Crippen molar-refractivity contribution in [1.29, 1.82) is 5.26 Å². The lowest BCUT2D eigenvalue weighted by atomic mass is 10.1. The summed E-state index contributed by atoms with van der Waals surface area (Å²) in [6.45, 7) is 6.28. The summed E-state index contributed by atoms with van der Waals surface area (Å²) in [6.07, 6.45) is 1.65. The molecule has 0 aliphatic rings. The maximum absolute atomic E-state index is 13.3. The van der Waals surface area contributed by atoms with Crippen LogP contribution in [-0.4, -0.2) is 16.0 Å². The number of aromatic nitrogens is 2. The molecule has 1 N–H and O–H groups in total. The Kier molecular flexibility index (Phi) is 4.65. The Hall–Kier alpha value is -3.85. The van der Waals surface area contributed by atoms with E-state index >= 15 is 0 Å². The molecule has 0 radical (unpaired) electrons. The molecular formula is C23H20N4O2. The average Bonchev–Trinajstić information content (AvgIpc) is 3.08. The van der Waals surface area contributed by atoms with Gasteiger partial charge in [0, 0.05) is 11.9 Å². The standard InChI is InChI=1S/C23H20N4O2/c1-4-29-17-8-6-16(7-9-17)25-13-19-15(3)18(12-24)22-26-20-11-14(2)5-10-21(20)27(22)23(19)28/h5-11,13,25H,4H2,1-3H3. The van der Waals surface area contributed by atoms with Crippen molar-refractivity contribution in [2.24, 2.45) is 0 Å². The molecule has 0 bridgehead atoms. The fraction of sp³-hybridized carbons (Fsp3) is 0.174. The maximum atomic E-state index is 13.3. The average molecular weight is 384 g/mol. The summed E-state index contributed by atoms with van der Waals surface area (Å²) in [5.41, 5.74) is 4.46. The number of nitriles is 1. The number of hydrogen-bond donors (Lipinski definition) is 1. The highest BCUT2D eigenvalue weighted by Crippen LogP contribution is 2.19. The number of ether oxygens (including phenoxy) is 1. The monoisotopic (exact) mass is 384 g/mol. The summed E-state index contributed by atoms with van der Waals surface area (Å²) in [4.78, 5) is 17.8. The molecule has 2 aromatic carbocycles. The van der Waals surface area contributed by atoms with Crippen molar-refractivity contribution in [2.75, 3.05) is 11.9 Å². The van der Waals surface area contributed by atoms with Crippen LogP contribution in [0.5, 0.6) is 5.75 Å². The third kappa shape index (κ3) is 3.17. The SMILES string of the molecule is CCOc1ccc(NC=c2c(C)c(C#N)c3nc4cc(C)ccc4n3c2=O)cc1. The Bertz CT molecular complexity index is 1380. The fourth-order valence-corrected chi connectivity index (χ4v) is 3.42. The zero-order valence-corrected chi connectivity index (χ0v) is 16.5. The van der Waals surface area contributed by atoms with Crippen LogP contribution in [0.15, 0.2) is 47.3 Å². The maximum Gasteiger partial charge on any atom is 0.265 e. The highest BCUT2D eigenvalue weighted by atomic mass is 16.5. The molecule has 4 rings (SSSR count). The molecule has 0 spiro atoms. The molecule has 6 nitrogen and oxygen atoms in total.